The third-order valence-electron chi connectivity index (χ3n) is 3.21. The highest BCUT2D eigenvalue weighted by Gasteiger charge is 2.16. The minimum Gasteiger partial charge on any atom is -0.454 e. The van der Waals surface area contributed by atoms with Gasteiger partial charge in [-0.05, 0) is 12.5 Å². The zero-order valence-corrected chi connectivity index (χ0v) is 11.5. The highest BCUT2D eigenvalue weighted by molar-refractivity contribution is 5.48. The smallest absolute Gasteiger partial charge is 0.231 e. The van der Waals surface area contributed by atoms with E-state index in [1.807, 2.05) is 22.9 Å². The second-order valence-corrected chi connectivity index (χ2v) is 4.65. The van der Waals surface area contributed by atoms with Gasteiger partial charge in [-0.2, -0.15) is 5.10 Å². The Morgan fingerprint density at radius 2 is 2.25 bits per heavy atom. The Labute approximate surface area is 117 Å². The summed E-state index contributed by atoms with van der Waals surface area (Å²) in [6, 6.07) is 5.94. The number of hydrogen-bond acceptors (Lipinski definition) is 5. The van der Waals surface area contributed by atoms with Crippen molar-refractivity contribution in [3.05, 3.63) is 35.9 Å². The van der Waals surface area contributed by atoms with Crippen LogP contribution in [0.2, 0.25) is 0 Å². The molecule has 2 aromatic rings. The van der Waals surface area contributed by atoms with Gasteiger partial charge in [0.25, 0.3) is 0 Å². The standard InChI is InChI=1S/C14H18N4O2/c1-2-6-18-13(16-9-17-18)8-15-7-11-4-3-5-12-14(11)20-10-19-12/h3-5,9,15H,2,6-8,10H2,1H3. The lowest BCUT2D eigenvalue weighted by Gasteiger charge is -2.08. The molecule has 0 unspecified atom stereocenters. The normalized spacial score (nSPS) is 12.8. The maximum atomic E-state index is 5.48. The fourth-order valence-electron chi connectivity index (χ4n) is 2.26. The molecule has 0 amide bonds. The molecule has 1 aromatic heterocycles. The van der Waals surface area contributed by atoms with E-state index in [2.05, 4.69) is 22.3 Å². The SMILES string of the molecule is CCCn1ncnc1CNCc1cccc2c1OCO2. The first-order chi connectivity index (χ1) is 9.88. The molecule has 1 aromatic carbocycles. The van der Waals surface area contributed by atoms with E-state index < -0.39 is 0 Å². The summed E-state index contributed by atoms with van der Waals surface area (Å²) in [5.74, 6) is 2.62. The number of para-hydroxylation sites is 1. The monoisotopic (exact) mass is 274 g/mol. The lowest BCUT2D eigenvalue weighted by molar-refractivity contribution is 0.173. The summed E-state index contributed by atoms with van der Waals surface area (Å²) in [5, 5.41) is 7.58. The van der Waals surface area contributed by atoms with Gasteiger partial charge in [0.15, 0.2) is 11.5 Å². The van der Waals surface area contributed by atoms with Crippen molar-refractivity contribution < 1.29 is 9.47 Å². The predicted octanol–water partition coefficient (Wildman–Crippen LogP) is 1.71. The molecule has 106 valence electrons. The number of aryl methyl sites for hydroxylation is 1. The van der Waals surface area contributed by atoms with Crippen molar-refractivity contribution in [2.24, 2.45) is 0 Å². The molecule has 3 rings (SSSR count). The molecule has 0 saturated heterocycles. The van der Waals surface area contributed by atoms with Crippen LogP contribution in [0.4, 0.5) is 0 Å². The van der Waals surface area contributed by atoms with E-state index in [-0.39, 0.29) is 0 Å². The molecule has 1 aliphatic rings. The highest BCUT2D eigenvalue weighted by Crippen LogP contribution is 2.35. The molecular weight excluding hydrogens is 256 g/mol. The van der Waals surface area contributed by atoms with Gasteiger partial charge in [-0.15, -0.1) is 0 Å². The van der Waals surface area contributed by atoms with E-state index in [1.165, 1.54) is 0 Å². The minimum absolute atomic E-state index is 0.303. The maximum Gasteiger partial charge on any atom is 0.231 e. The molecule has 1 N–H and O–H groups in total. The van der Waals surface area contributed by atoms with Crippen LogP contribution in [0.3, 0.4) is 0 Å². The van der Waals surface area contributed by atoms with E-state index in [0.29, 0.717) is 19.9 Å². The van der Waals surface area contributed by atoms with Gasteiger partial charge in [-0.25, -0.2) is 9.67 Å². The highest BCUT2D eigenvalue weighted by atomic mass is 16.7. The number of rotatable bonds is 6. The second-order valence-electron chi connectivity index (χ2n) is 4.65. The fourth-order valence-corrected chi connectivity index (χ4v) is 2.26. The van der Waals surface area contributed by atoms with Crippen LogP contribution in [0.5, 0.6) is 11.5 Å². The molecule has 6 heteroatoms. The Kier molecular flexibility index (Phi) is 3.83. The van der Waals surface area contributed by atoms with Gasteiger partial charge in [0.05, 0.1) is 6.54 Å². The van der Waals surface area contributed by atoms with Crippen LogP contribution < -0.4 is 14.8 Å². The van der Waals surface area contributed by atoms with E-state index in [1.54, 1.807) is 6.33 Å². The number of nitrogens with one attached hydrogen (secondary N) is 1. The summed E-state index contributed by atoms with van der Waals surface area (Å²) in [4.78, 5) is 4.27. The average molecular weight is 274 g/mol. The lowest BCUT2D eigenvalue weighted by Crippen LogP contribution is -2.17. The molecule has 2 heterocycles. The number of ether oxygens (including phenoxy) is 2. The lowest BCUT2D eigenvalue weighted by atomic mass is 10.2. The zero-order chi connectivity index (χ0) is 13.8. The first-order valence-corrected chi connectivity index (χ1v) is 6.83. The summed E-state index contributed by atoms with van der Waals surface area (Å²) < 4.78 is 12.8. The quantitative estimate of drug-likeness (QED) is 0.869. The number of aromatic nitrogens is 3. The molecule has 20 heavy (non-hydrogen) atoms. The zero-order valence-electron chi connectivity index (χ0n) is 11.5. The summed E-state index contributed by atoms with van der Waals surface area (Å²) in [6.45, 7) is 4.73. The van der Waals surface area contributed by atoms with Gasteiger partial charge in [0.1, 0.15) is 12.2 Å². The van der Waals surface area contributed by atoms with Crippen molar-refractivity contribution in [2.75, 3.05) is 6.79 Å². The van der Waals surface area contributed by atoms with Crippen LogP contribution >= 0.6 is 0 Å². The first kappa shape index (κ1) is 12.9. The van der Waals surface area contributed by atoms with E-state index >= 15 is 0 Å². The Hall–Kier alpha value is -2.08. The van der Waals surface area contributed by atoms with Crippen molar-refractivity contribution >= 4 is 0 Å². The summed E-state index contributed by atoms with van der Waals surface area (Å²) >= 11 is 0. The van der Waals surface area contributed by atoms with Gasteiger partial charge in [0.2, 0.25) is 6.79 Å². The van der Waals surface area contributed by atoms with Crippen molar-refractivity contribution in [1.82, 2.24) is 20.1 Å². The Morgan fingerprint density at radius 1 is 1.30 bits per heavy atom. The molecule has 0 aliphatic carbocycles. The summed E-state index contributed by atoms with van der Waals surface area (Å²) in [7, 11) is 0. The number of benzene rings is 1. The molecular formula is C14H18N4O2. The van der Waals surface area contributed by atoms with Crippen LogP contribution in [0.1, 0.15) is 24.7 Å². The molecule has 0 spiro atoms. The first-order valence-electron chi connectivity index (χ1n) is 6.83. The van der Waals surface area contributed by atoms with Crippen molar-refractivity contribution in [1.29, 1.82) is 0 Å². The predicted molar refractivity (Wildman–Crippen MR) is 73.4 cm³/mol. The summed E-state index contributed by atoms with van der Waals surface area (Å²) in [5.41, 5.74) is 1.10. The van der Waals surface area contributed by atoms with Crippen LogP contribution in [-0.2, 0) is 19.6 Å². The van der Waals surface area contributed by atoms with Gasteiger partial charge in [-0.3, -0.25) is 0 Å². The third-order valence-corrected chi connectivity index (χ3v) is 3.21. The number of fused-ring (bicyclic) bond motifs is 1. The van der Waals surface area contributed by atoms with Gasteiger partial charge in [0, 0.05) is 18.7 Å². The van der Waals surface area contributed by atoms with Gasteiger partial charge in [-0.1, -0.05) is 19.1 Å². The number of hydrogen-bond donors (Lipinski definition) is 1. The Balaban J connectivity index is 1.60. The van der Waals surface area contributed by atoms with Crippen molar-refractivity contribution in [3.8, 4) is 11.5 Å². The maximum absolute atomic E-state index is 5.48. The van der Waals surface area contributed by atoms with Crippen LogP contribution in [0.25, 0.3) is 0 Å². The van der Waals surface area contributed by atoms with E-state index in [0.717, 1.165) is 35.9 Å². The van der Waals surface area contributed by atoms with Crippen molar-refractivity contribution in [2.45, 2.75) is 33.0 Å². The largest absolute Gasteiger partial charge is 0.454 e. The Bertz CT molecular complexity index is 582. The second kappa shape index (κ2) is 5.92. The van der Waals surface area contributed by atoms with Gasteiger partial charge >= 0.3 is 0 Å². The molecule has 0 bridgehead atoms. The molecule has 1 aliphatic heterocycles. The van der Waals surface area contributed by atoms with E-state index in [4.69, 9.17) is 9.47 Å². The molecule has 6 nitrogen and oxygen atoms in total. The van der Waals surface area contributed by atoms with Crippen molar-refractivity contribution in [3.63, 3.8) is 0 Å². The van der Waals surface area contributed by atoms with Crippen LogP contribution in [-0.4, -0.2) is 21.6 Å². The molecule has 0 atom stereocenters. The third kappa shape index (κ3) is 2.60. The molecule has 0 radical (unpaired) electrons. The Morgan fingerprint density at radius 3 is 3.15 bits per heavy atom. The van der Waals surface area contributed by atoms with E-state index in [9.17, 15) is 0 Å². The molecule has 0 fully saturated rings. The van der Waals surface area contributed by atoms with Crippen LogP contribution in [0.15, 0.2) is 24.5 Å². The topological polar surface area (TPSA) is 61.2 Å². The minimum atomic E-state index is 0.303. The van der Waals surface area contributed by atoms with Gasteiger partial charge < -0.3 is 14.8 Å². The molecule has 0 saturated carbocycles. The van der Waals surface area contributed by atoms with Crippen LogP contribution in [0, 0.1) is 0 Å². The summed E-state index contributed by atoms with van der Waals surface area (Å²) in [6.07, 6.45) is 2.65. The fraction of sp³-hybridized carbons (Fsp3) is 0.429. The average Bonchev–Trinajstić information content (AvgIpc) is 3.09. The number of nitrogens with zero attached hydrogens (tertiary/aromatic N) is 3.